The van der Waals surface area contributed by atoms with Crippen LogP contribution < -0.4 is 4.90 Å². The average Bonchev–Trinajstić information content (AvgIpc) is 3.34. The Balaban J connectivity index is 1.28. The lowest BCUT2D eigenvalue weighted by molar-refractivity contribution is -0.141. The molecule has 25 heavy (non-hydrogen) atoms. The molecule has 0 bridgehead atoms. The van der Waals surface area contributed by atoms with Gasteiger partial charge in [-0.3, -0.25) is 9.69 Å². The van der Waals surface area contributed by atoms with E-state index in [1.807, 2.05) is 4.90 Å². The molecule has 0 aromatic carbocycles. The third-order valence-electron chi connectivity index (χ3n) is 5.44. The first kappa shape index (κ1) is 17.2. The van der Waals surface area contributed by atoms with Crippen LogP contribution in [0.1, 0.15) is 37.8 Å². The molecule has 0 aliphatic carbocycles. The SMILES string of the molecule is O=C([C@H]1CCCO1)N1CCN(c2nc(CN3CCCCC3)cs2)CC1. The number of ether oxygens (including phenoxy) is 1. The lowest BCUT2D eigenvalue weighted by Crippen LogP contribution is -2.51. The number of piperidine rings is 1. The van der Waals surface area contributed by atoms with Crippen molar-refractivity contribution >= 4 is 22.4 Å². The zero-order chi connectivity index (χ0) is 17.1. The molecule has 0 spiro atoms. The maximum atomic E-state index is 12.4. The van der Waals surface area contributed by atoms with E-state index >= 15 is 0 Å². The maximum Gasteiger partial charge on any atom is 0.251 e. The molecule has 3 fully saturated rings. The van der Waals surface area contributed by atoms with E-state index in [0.29, 0.717) is 0 Å². The number of anilines is 1. The summed E-state index contributed by atoms with van der Waals surface area (Å²) in [5, 5.41) is 3.31. The highest BCUT2D eigenvalue weighted by Gasteiger charge is 2.30. The molecule has 4 heterocycles. The highest BCUT2D eigenvalue weighted by Crippen LogP contribution is 2.24. The van der Waals surface area contributed by atoms with Crippen LogP contribution in [-0.4, -0.2) is 72.7 Å². The van der Waals surface area contributed by atoms with Gasteiger partial charge >= 0.3 is 0 Å². The minimum atomic E-state index is -0.192. The van der Waals surface area contributed by atoms with Gasteiger partial charge in [-0.1, -0.05) is 6.42 Å². The van der Waals surface area contributed by atoms with E-state index < -0.39 is 0 Å². The van der Waals surface area contributed by atoms with Crippen molar-refractivity contribution in [2.24, 2.45) is 0 Å². The second-order valence-electron chi connectivity index (χ2n) is 7.27. The molecule has 0 radical (unpaired) electrons. The molecule has 0 N–H and O–H groups in total. The number of thiazole rings is 1. The molecule has 6 nitrogen and oxygen atoms in total. The molecule has 1 aromatic rings. The van der Waals surface area contributed by atoms with Gasteiger partial charge in [-0.15, -0.1) is 11.3 Å². The number of nitrogens with zero attached hydrogens (tertiary/aromatic N) is 4. The van der Waals surface area contributed by atoms with Gasteiger partial charge in [0, 0.05) is 44.7 Å². The standard InChI is InChI=1S/C18H28N4O2S/c23-17(16-5-4-12-24-16)21-8-10-22(11-9-21)18-19-15(14-25-18)13-20-6-2-1-3-7-20/h14,16H,1-13H2/t16-/m1/s1. The molecule has 1 atom stereocenters. The van der Waals surface area contributed by atoms with Crippen LogP contribution in [0.15, 0.2) is 5.38 Å². The van der Waals surface area contributed by atoms with Crippen molar-refractivity contribution in [3.05, 3.63) is 11.1 Å². The molecular weight excluding hydrogens is 336 g/mol. The summed E-state index contributed by atoms with van der Waals surface area (Å²) in [5.74, 6) is 0.182. The molecule has 0 unspecified atom stereocenters. The Morgan fingerprint density at radius 1 is 1.12 bits per heavy atom. The van der Waals surface area contributed by atoms with Crippen LogP contribution in [0, 0.1) is 0 Å². The van der Waals surface area contributed by atoms with E-state index in [0.717, 1.165) is 57.3 Å². The van der Waals surface area contributed by atoms with Gasteiger partial charge in [0.25, 0.3) is 5.91 Å². The largest absolute Gasteiger partial charge is 0.368 e. The minimum Gasteiger partial charge on any atom is -0.368 e. The summed E-state index contributed by atoms with van der Waals surface area (Å²) in [5.41, 5.74) is 1.19. The smallest absolute Gasteiger partial charge is 0.251 e. The number of likely N-dealkylation sites (tertiary alicyclic amines) is 1. The number of piperazine rings is 1. The minimum absolute atomic E-state index is 0.182. The average molecular weight is 365 g/mol. The molecule has 1 aromatic heterocycles. The number of hydrogen-bond acceptors (Lipinski definition) is 6. The molecule has 0 saturated carbocycles. The van der Waals surface area contributed by atoms with Gasteiger partial charge in [-0.25, -0.2) is 4.98 Å². The van der Waals surface area contributed by atoms with E-state index in [9.17, 15) is 4.79 Å². The van der Waals surface area contributed by atoms with Crippen LogP contribution in [-0.2, 0) is 16.1 Å². The number of carbonyl (C=O) groups is 1. The molecule has 1 amide bonds. The van der Waals surface area contributed by atoms with Crippen LogP contribution in [0.4, 0.5) is 5.13 Å². The predicted molar refractivity (Wildman–Crippen MR) is 99.0 cm³/mol. The van der Waals surface area contributed by atoms with Crippen molar-refractivity contribution < 1.29 is 9.53 Å². The zero-order valence-electron chi connectivity index (χ0n) is 14.9. The molecule has 138 valence electrons. The zero-order valence-corrected chi connectivity index (χ0v) is 15.7. The van der Waals surface area contributed by atoms with E-state index in [4.69, 9.17) is 9.72 Å². The summed E-state index contributed by atoms with van der Waals surface area (Å²) in [6.45, 7) is 7.42. The van der Waals surface area contributed by atoms with Gasteiger partial charge in [0.2, 0.25) is 0 Å². The number of rotatable bonds is 4. The van der Waals surface area contributed by atoms with Crippen molar-refractivity contribution in [2.45, 2.75) is 44.8 Å². The number of amides is 1. The second-order valence-corrected chi connectivity index (χ2v) is 8.11. The van der Waals surface area contributed by atoms with Gasteiger partial charge in [-0.05, 0) is 38.8 Å². The quantitative estimate of drug-likeness (QED) is 0.817. The topological polar surface area (TPSA) is 48.9 Å². The van der Waals surface area contributed by atoms with Crippen LogP contribution in [0.5, 0.6) is 0 Å². The Bertz CT molecular complexity index is 573. The molecular formula is C18H28N4O2S. The van der Waals surface area contributed by atoms with Crippen LogP contribution in [0.3, 0.4) is 0 Å². The summed E-state index contributed by atoms with van der Waals surface area (Å²) < 4.78 is 5.54. The van der Waals surface area contributed by atoms with Gasteiger partial charge in [0.15, 0.2) is 5.13 Å². The fourth-order valence-corrected chi connectivity index (χ4v) is 4.83. The van der Waals surface area contributed by atoms with Gasteiger partial charge < -0.3 is 14.5 Å². The number of aromatic nitrogens is 1. The number of carbonyl (C=O) groups excluding carboxylic acids is 1. The lowest BCUT2D eigenvalue weighted by atomic mass is 10.1. The van der Waals surface area contributed by atoms with Crippen LogP contribution in [0.2, 0.25) is 0 Å². The van der Waals surface area contributed by atoms with Crippen molar-refractivity contribution in [1.29, 1.82) is 0 Å². The summed E-state index contributed by atoms with van der Waals surface area (Å²) in [7, 11) is 0. The van der Waals surface area contributed by atoms with Gasteiger partial charge in [0.05, 0.1) is 5.69 Å². The summed E-state index contributed by atoms with van der Waals surface area (Å²) in [6.07, 6.45) is 5.70. The normalized spacial score (nSPS) is 25.5. The third-order valence-corrected chi connectivity index (χ3v) is 6.39. The van der Waals surface area contributed by atoms with E-state index in [2.05, 4.69) is 15.2 Å². The predicted octanol–water partition coefficient (Wildman–Crippen LogP) is 1.96. The second kappa shape index (κ2) is 8.01. The lowest BCUT2D eigenvalue weighted by Gasteiger charge is -2.35. The van der Waals surface area contributed by atoms with E-state index in [1.54, 1.807) is 11.3 Å². The molecule has 3 aliphatic rings. The first-order valence-electron chi connectivity index (χ1n) is 9.62. The maximum absolute atomic E-state index is 12.4. The van der Waals surface area contributed by atoms with Crippen LogP contribution >= 0.6 is 11.3 Å². The fourth-order valence-electron chi connectivity index (χ4n) is 3.95. The Kier molecular flexibility index (Phi) is 5.53. The Morgan fingerprint density at radius 3 is 2.64 bits per heavy atom. The van der Waals surface area contributed by atoms with Crippen molar-refractivity contribution in [3.8, 4) is 0 Å². The number of hydrogen-bond donors (Lipinski definition) is 0. The molecule has 7 heteroatoms. The monoisotopic (exact) mass is 364 g/mol. The summed E-state index contributed by atoms with van der Waals surface area (Å²) in [6, 6.07) is 0. The van der Waals surface area contributed by atoms with Crippen LogP contribution in [0.25, 0.3) is 0 Å². The van der Waals surface area contributed by atoms with Crippen molar-refractivity contribution in [2.75, 3.05) is 50.8 Å². The summed E-state index contributed by atoms with van der Waals surface area (Å²) in [4.78, 5) is 24.1. The third kappa shape index (κ3) is 4.15. The highest BCUT2D eigenvalue weighted by atomic mass is 32.1. The first-order chi connectivity index (χ1) is 12.3. The molecule has 3 saturated heterocycles. The summed E-state index contributed by atoms with van der Waals surface area (Å²) >= 11 is 1.74. The molecule has 4 rings (SSSR count). The molecule has 3 aliphatic heterocycles. The van der Waals surface area contributed by atoms with Gasteiger partial charge in [-0.2, -0.15) is 0 Å². The first-order valence-corrected chi connectivity index (χ1v) is 10.5. The van der Waals surface area contributed by atoms with E-state index in [-0.39, 0.29) is 12.0 Å². The Labute approximate surface area is 153 Å². The van der Waals surface area contributed by atoms with E-state index in [1.165, 1.54) is 38.0 Å². The Morgan fingerprint density at radius 2 is 1.92 bits per heavy atom. The van der Waals surface area contributed by atoms with Crippen molar-refractivity contribution in [1.82, 2.24) is 14.8 Å². The van der Waals surface area contributed by atoms with Crippen molar-refractivity contribution in [3.63, 3.8) is 0 Å². The Hall–Kier alpha value is -1.18. The van der Waals surface area contributed by atoms with Gasteiger partial charge in [0.1, 0.15) is 6.10 Å². The highest BCUT2D eigenvalue weighted by molar-refractivity contribution is 7.13. The fraction of sp³-hybridized carbons (Fsp3) is 0.778.